The van der Waals surface area contributed by atoms with Crippen molar-refractivity contribution in [3.05, 3.63) is 34.9 Å². The molecule has 1 atom stereocenters. The van der Waals surface area contributed by atoms with Crippen molar-refractivity contribution < 1.29 is 4.79 Å². The van der Waals surface area contributed by atoms with Crippen LogP contribution in [0, 0.1) is 0 Å². The lowest BCUT2D eigenvalue weighted by atomic mass is 10.0. The molecule has 0 heterocycles. The Hall–Kier alpha value is -0.470. The van der Waals surface area contributed by atoms with Crippen molar-refractivity contribution in [3.63, 3.8) is 0 Å². The first kappa shape index (κ1) is 10.6. The molecule has 0 radical (unpaired) electrons. The Kier molecular flexibility index (Phi) is 3.82. The average molecular weight is 215 g/mol. The maximum atomic E-state index is 11.3. The van der Waals surface area contributed by atoms with Gasteiger partial charge < -0.3 is 0 Å². The molecule has 0 aliphatic rings. The van der Waals surface area contributed by atoms with Gasteiger partial charge in [0.2, 0.25) is 0 Å². The zero-order valence-corrected chi connectivity index (χ0v) is 9.15. The van der Waals surface area contributed by atoms with E-state index in [2.05, 4.69) is 0 Å². The number of halogens is 1. The van der Waals surface area contributed by atoms with Gasteiger partial charge in [0.25, 0.3) is 0 Å². The molecule has 1 aromatic carbocycles. The van der Waals surface area contributed by atoms with Gasteiger partial charge in [-0.2, -0.15) is 0 Å². The van der Waals surface area contributed by atoms with E-state index in [-0.39, 0.29) is 11.0 Å². The predicted molar refractivity (Wildman–Crippen MR) is 58.4 cm³/mol. The van der Waals surface area contributed by atoms with Crippen LogP contribution in [0.4, 0.5) is 0 Å². The molecule has 0 N–H and O–H groups in total. The molecule has 13 heavy (non-hydrogen) atoms. The molecule has 0 spiro atoms. The Morgan fingerprint density at radius 3 is 2.38 bits per heavy atom. The lowest BCUT2D eigenvalue weighted by Crippen LogP contribution is -2.03. The highest BCUT2D eigenvalue weighted by Crippen LogP contribution is 2.22. The number of carbonyl (C=O) groups excluding carboxylic acids is 1. The SMILES string of the molecule is CSC(=O)[C@@H](C)c1ccc(Cl)cc1. The second-order valence-corrected chi connectivity index (χ2v) is 4.04. The maximum absolute atomic E-state index is 11.3. The topological polar surface area (TPSA) is 17.1 Å². The molecular weight excluding hydrogens is 204 g/mol. The molecule has 0 fully saturated rings. The standard InChI is InChI=1S/C10H11ClOS/c1-7(10(12)13-2)8-3-5-9(11)6-4-8/h3-7H,1-2H3/t7-/m0/s1. The third-order valence-corrected chi connectivity index (χ3v) is 2.93. The van der Waals surface area contributed by atoms with E-state index >= 15 is 0 Å². The first-order valence-corrected chi connectivity index (χ1v) is 5.58. The van der Waals surface area contributed by atoms with Crippen LogP contribution in [-0.2, 0) is 4.79 Å². The third-order valence-electron chi connectivity index (χ3n) is 1.92. The second-order valence-electron chi connectivity index (χ2n) is 2.80. The molecule has 3 heteroatoms. The summed E-state index contributed by atoms with van der Waals surface area (Å²) in [6, 6.07) is 7.39. The van der Waals surface area contributed by atoms with Crippen molar-refractivity contribution in [2.24, 2.45) is 0 Å². The predicted octanol–water partition coefficient (Wildman–Crippen LogP) is 3.33. The van der Waals surface area contributed by atoms with Gasteiger partial charge in [0.1, 0.15) is 0 Å². The van der Waals surface area contributed by atoms with Crippen LogP contribution in [0.15, 0.2) is 24.3 Å². The summed E-state index contributed by atoms with van der Waals surface area (Å²) in [5.41, 5.74) is 1.02. The van der Waals surface area contributed by atoms with E-state index in [0.29, 0.717) is 5.02 Å². The van der Waals surface area contributed by atoms with E-state index in [4.69, 9.17) is 11.6 Å². The van der Waals surface area contributed by atoms with Crippen LogP contribution < -0.4 is 0 Å². The third kappa shape index (κ3) is 2.75. The quantitative estimate of drug-likeness (QED) is 0.751. The lowest BCUT2D eigenvalue weighted by molar-refractivity contribution is -0.111. The van der Waals surface area contributed by atoms with Crippen LogP contribution in [0.25, 0.3) is 0 Å². The van der Waals surface area contributed by atoms with Crippen LogP contribution in [0.5, 0.6) is 0 Å². The highest BCUT2D eigenvalue weighted by atomic mass is 35.5. The number of hydrogen-bond acceptors (Lipinski definition) is 2. The van der Waals surface area contributed by atoms with E-state index < -0.39 is 0 Å². The summed E-state index contributed by atoms with van der Waals surface area (Å²) in [5, 5.41) is 0.884. The number of thioether (sulfide) groups is 1. The molecule has 1 nitrogen and oxygen atoms in total. The largest absolute Gasteiger partial charge is 0.287 e. The smallest absolute Gasteiger partial charge is 0.195 e. The Morgan fingerprint density at radius 2 is 1.92 bits per heavy atom. The molecule has 0 bridgehead atoms. The minimum absolute atomic E-state index is 0.0488. The van der Waals surface area contributed by atoms with Crippen molar-refractivity contribution in [2.45, 2.75) is 12.8 Å². The van der Waals surface area contributed by atoms with E-state index in [1.807, 2.05) is 19.1 Å². The van der Waals surface area contributed by atoms with Gasteiger partial charge in [0, 0.05) is 5.02 Å². The summed E-state index contributed by atoms with van der Waals surface area (Å²) >= 11 is 7.00. The lowest BCUT2D eigenvalue weighted by Gasteiger charge is -2.08. The Bertz CT molecular complexity index is 294. The number of benzene rings is 1. The Morgan fingerprint density at radius 1 is 1.38 bits per heavy atom. The van der Waals surface area contributed by atoms with Gasteiger partial charge in [0.05, 0.1) is 5.92 Å². The molecule has 1 rings (SSSR count). The van der Waals surface area contributed by atoms with E-state index in [0.717, 1.165) is 5.56 Å². The Balaban J connectivity index is 2.83. The number of hydrogen-bond donors (Lipinski definition) is 0. The van der Waals surface area contributed by atoms with Gasteiger partial charge >= 0.3 is 0 Å². The molecule has 0 amide bonds. The van der Waals surface area contributed by atoms with Crippen LogP contribution in [0.3, 0.4) is 0 Å². The summed E-state index contributed by atoms with van der Waals surface area (Å²) in [6.45, 7) is 1.90. The molecular formula is C10H11ClOS. The molecule has 1 aromatic rings. The van der Waals surface area contributed by atoms with Gasteiger partial charge in [-0.25, -0.2) is 0 Å². The van der Waals surface area contributed by atoms with Gasteiger partial charge in [-0.05, 0) is 24.0 Å². The monoisotopic (exact) mass is 214 g/mol. The first-order chi connectivity index (χ1) is 6.15. The Labute approximate surface area is 87.5 Å². The summed E-state index contributed by atoms with van der Waals surface area (Å²) in [5.74, 6) is -0.0488. The zero-order chi connectivity index (χ0) is 9.84. The van der Waals surface area contributed by atoms with Crippen molar-refractivity contribution in [3.8, 4) is 0 Å². The zero-order valence-electron chi connectivity index (χ0n) is 7.58. The highest BCUT2D eigenvalue weighted by Gasteiger charge is 2.13. The van der Waals surface area contributed by atoms with Gasteiger partial charge in [-0.15, -0.1) is 0 Å². The van der Waals surface area contributed by atoms with Crippen molar-refractivity contribution >= 4 is 28.5 Å². The van der Waals surface area contributed by atoms with Crippen LogP contribution in [0.2, 0.25) is 5.02 Å². The summed E-state index contributed by atoms with van der Waals surface area (Å²) in [7, 11) is 0. The molecule has 70 valence electrons. The molecule has 0 aliphatic heterocycles. The minimum Gasteiger partial charge on any atom is -0.287 e. The first-order valence-electron chi connectivity index (χ1n) is 3.98. The van der Waals surface area contributed by atoms with Crippen LogP contribution in [-0.4, -0.2) is 11.4 Å². The molecule has 0 aliphatic carbocycles. The summed E-state index contributed by atoms with van der Waals surface area (Å²) in [4.78, 5) is 11.3. The van der Waals surface area contributed by atoms with Crippen molar-refractivity contribution in [2.75, 3.05) is 6.26 Å². The molecule has 0 aromatic heterocycles. The second kappa shape index (κ2) is 4.68. The van der Waals surface area contributed by atoms with E-state index in [1.165, 1.54) is 11.8 Å². The van der Waals surface area contributed by atoms with Gasteiger partial charge in [-0.3, -0.25) is 4.79 Å². The van der Waals surface area contributed by atoms with E-state index in [9.17, 15) is 4.79 Å². The van der Waals surface area contributed by atoms with Crippen LogP contribution in [0.1, 0.15) is 18.4 Å². The number of rotatable bonds is 2. The molecule has 0 saturated carbocycles. The van der Waals surface area contributed by atoms with Gasteiger partial charge in [0.15, 0.2) is 5.12 Å². The van der Waals surface area contributed by atoms with Gasteiger partial charge in [-0.1, -0.05) is 42.4 Å². The normalized spacial score (nSPS) is 12.5. The summed E-state index contributed by atoms with van der Waals surface area (Å²) in [6.07, 6.45) is 1.80. The maximum Gasteiger partial charge on any atom is 0.195 e. The number of carbonyl (C=O) groups is 1. The highest BCUT2D eigenvalue weighted by molar-refractivity contribution is 8.13. The average Bonchev–Trinajstić information content (AvgIpc) is 2.17. The van der Waals surface area contributed by atoms with Crippen molar-refractivity contribution in [1.82, 2.24) is 0 Å². The van der Waals surface area contributed by atoms with Crippen molar-refractivity contribution in [1.29, 1.82) is 0 Å². The fourth-order valence-electron chi connectivity index (χ4n) is 1.06. The van der Waals surface area contributed by atoms with Crippen LogP contribution >= 0.6 is 23.4 Å². The fraction of sp³-hybridized carbons (Fsp3) is 0.300. The minimum atomic E-state index is -0.0488. The fourth-order valence-corrected chi connectivity index (χ4v) is 1.68. The summed E-state index contributed by atoms with van der Waals surface area (Å²) < 4.78 is 0. The molecule has 0 unspecified atom stereocenters. The molecule has 0 saturated heterocycles. The van der Waals surface area contributed by atoms with E-state index in [1.54, 1.807) is 18.4 Å².